The van der Waals surface area contributed by atoms with Gasteiger partial charge in [0, 0.05) is 12.8 Å². The lowest BCUT2D eigenvalue weighted by molar-refractivity contribution is -0.114. The van der Waals surface area contributed by atoms with Crippen LogP contribution in [0.4, 0.5) is 0 Å². The Bertz CT molecular complexity index is 277. The Labute approximate surface area is 90.9 Å². The molecule has 3 atom stereocenters. The maximum atomic E-state index is 11.9. The van der Waals surface area contributed by atoms with Crippen LogP contribution >= 0.6 is 7.60 Å². The fraction of sp³-hybridized carbons (Fsp3) is 0.900. The molecule has 1 rings (SSSR count). The zero-order chi connectivity index (χ0) is 11.5. The van der Waals surface area contributed by atoms with Crippen LogP contribution in [0.3, 0.4) is 0 Å². The quantitative estimate of drug-likeness (QED) is 0.702. The predicted molar refractivity (Wildman–Crippen MR) is 57.8 cm³/mol. The highest BCUT2D eigenvalue weighted by Crippen LogP contribution is 2.55. The van der Waals surface area contributed by atoms with Gasteiger partial charge in [0.2, 0.25) is 5.52 Å². The molecule has 1 aliphatic rings. The topological polar surface area (TPSA) is 52.6 Å². The molecule has 15 heavy (non-hydrogen) atoms. The molecular formula is C10H19O4P. The van der Waals surface area contributed by atoms with Crippen LogP contribution in [0.1, 0.15) is 40.0 Å². The Hall–Kier alpha value is -0.180. The van der Waals surface area contributed by atoms with Crippen LogP contribution in [0.25, 0.3) is 0 Å². The molecule has 1 fully saturated rings. The van der Waals surface area contributed by atoms with Crippen molar-refractivity contribution in [2.45, 2.75) is 46.1 Å². The summed E-state index contributed by atoms with van der Waals surface area (Å²) in [5, 5.41) is 0. The van der Waals surface area contributed by atoms with Gasteiger partial charge in [-0.15, -0.1) is 0 Å². The highest BCUT2D eigenvalue weighted by Gasteiger charge is 2.41. The minimum Gasteiger partial charge on any atom is -0.303 e. The van der Waals surface area contributed by atoms with Gasteiger partial charge in [0.15, 0.2) is 0 Å². The molecule has 0 N–H and O–H groups in total. The molecule has 0 amide bonds. The first kappa shape index (κ1) is 12.9. The van der Waals surface area contributed by atoms with Crippen LogP contribution in [0.15, 0.2) is 0 Å². The molecule has 0 aromatic heterocycles. The molecule has 0 saturated carbocycles. The van der Waals surface area contributed by atoms with Gasteiger partial charge < -0.3 is 4.52 Å². The average Bonchev–Trinajstić information content (AvgIpc) is 2.18. The standard InChI is InChI=1S/C10H19O4P/c1-4-6-10-9(5-2)7-13-15(12,14-10)8(3)11/h9-10H,4-7H2,1-3H3. The zero-order valence-corrected chi connectivity index (χ0v) is 10.5. The zero-order valence-electron chi connectivity index (χ0n) is 9.56. The van der Waals surface area contributed by atoms with E-state index in [1.165, 1.54) is 6.92 Å². The van der Waals surface area contributed by atoms with Gasteiger partial charge in [-0.1, -0.05) is 20.3 Å². The van der Waals surface area contributed by atoms with E-state index < -0.39 is 13.1 Å². The van der Waals surface area contributed by atoms with Gasteiger partial charge in [0.05, 0.1) is 12.7 Å². The van der Waals surface area contributed by atoms with Gasteiger partial charge in [0.1, 0.15) is 0 Å². The fourth-order valence-electron chi connectivity index (χ4n) is 1.71. The summed E-state index contributed by atoms with van der Waals surface area (Å²) in [5.74, 6) is 0.256. The molecule has 0 aromatic carbocycles. The first-order valence-electron chi connectivity index (χ1n) is 5.47. The molecule has 1 saturated heterocycles. The van der Waals surface area contributed by atoms with E-state index in [-0.39, 0.29) is 12.0 Å². The van der Waals surface area contributed by atoms with Crippen molar-refractivity contribution >= 4 is 13.1 Å². The summed E-state index contributed by atoms with van der Waals surface area (Å²) in [6, 6.07) is 0. The third-order valence-corrected chi connectivity index (χ3v) is 4.55. The molecule has 0 aliphatic carbocycles. The predicted octanol–water partition coefficient (Wildman–Crippen LogP) is 2.97. The van der Waals surface area contributed by atoms with Gasteiger partial charge in [-0.05, 0) is 12.8 Å². The first-order valence-corrected chi connectivity index (χ1v) is 7.01. The van der Waals surface area contributed by atoms with Crippen LogP contribution < -0.4 is 0 Å². The summed E-state index contributed by atoms with van der Waals surface area (Å²) in [4.78, 5) is 11.2. The van der Waals surface area contributed by atoms with Gasteiger partial charge in [-0.3, -0.25) is 13.9 Å². The molecule has 4 nitrogen and oxygen atoms in total. The van der Waals surface area contributed by atoms with Crippen LogP contribution in [0, 0.1) is 5.92 Å². The summed E-state index contributed by atoms with van der Waals surface area (Å²) in [5.41, 5.74) is -0.488. The summed E-state index contributed by atoms with van der Waals surface area (Å²) in [6.45, 7) is 5.72. The van der Waals surface area contributed by atoms with E-state index in [4.69, 9.17) is 9.05 Å². The minimum absolute atomic E-state index is 0.0940. The summed E-state index contributed by atoms with van der Waals surface area (Å²) >= 11 is 0. The van der Waals surface area contributed by atoms with Gasteiger partial charge in [0.25, 0.3) is 0 Å². The van der Waals surface area contributed by atoms with Crippen molar-refractivity contribution in [3.05, 3.63) is 0 Å². The normalized spacial score (nSPS) is 36.5. The summed E-state index contributed by atoms with van der Waals surface area (Å²) in [6.07, 6.45) is 2.62. The molecule has 1 aliphatic heterocycles. The molecule has 5 heteroatoms. The molecule has 3 unspecified atom stereocenters. The molecular weight excluding hydrogens is 215 g/mol. The van der Waals surface area contributed by atoms with Crippen molar-refractivity contribution in [1.29, 1.82) is 0 Å². The smallest absolute Gasteiger partial charge is 0.303 e. The molecule has 0 bridgehead atoms. The summed E-state index contributed by atoms with van der Waals surface area (Å²) in [7, 11) is -3.46. The Morgan fingerprint density at radius 3 is 2.60 bits per heavy atom. The van der Waals surface area contributed by atoms with Gasteiger partial charge in [-0.2, -0.15) is 0 Å². The number of hydrogen-bond donors (Lipinski definition) is 0. The lowest BCUT2D eigenvalue weighted by atomic mass is 9.97. The van der Waals surface area contributed by atoms with Crippen molar-refractivity contribution in [2.75, 3.05) is 6.61 Å². The second kappa shape index (κ2) is 5.24. The average molecular weight is 234 g/mol. The van der Waals surface area contributed by atoms with Crippen molar-refractivity contribution < 1.29 is 18.4 Å². The van der Waals surface area contributed by atoms with Crippen molar-refractivity contribution in [3.63, 3.8) is 0 Å². The Morgan fingerprint density at radius 1 is 1.47 bits per heavy atom. The molecule has 0 aromatic rings. The number of carbonyl (C=O) groups is 1. The third-order valence-electron chi connectivity index (χ3n) is 2.74. The monoisotopic (exact) mass is 234 g/mol. The minimum atomic E-state index is -3.46. The number of carbonyl (C=O) groups excluding carboxylic acids is 1. The number of rotatable bonds is 4. The van der Waals surface area contributed by atoms with Crippen molar-refractivity contribution in [2.24, 2.45) is 5.92 Å². The van der Waals surface area contributed by atoms with Crippen molar-refractivity contribution in [3.8, 4) is 0 Å². The summed E-state index contributed by atoms with van der Waals surface area (Å²) < 4.78 is 22.3. The lowest BCUT2D eigenvalue weighted by Gasteiger charge is -2.34. The molecule has 88 valence electrons. The van der Waals surface area contributed by atoms with Crippen LogP contribution in [-0.2, 0) is 18.4 Å². The van der Waals surface area contributed by atoms with Gasteiger partial charge in [-0.25, -0.2) is 0 Å². The van der Waals surface area contributed by atoms with E-state index in [2.05, 4.69) is 0 Å². The number of hydrogen-bond acceptors (Lipinski definition) is 4. The first-order chi connectivity index (χ1) is 7.03. The maximum Gasteiger partial charge on any atom is 0.396 e. The second-order valence-corrected chi connectivity index (χ2v) is 6.01. The van der Waals surface area contributed by atoms with Crippen LogP contribution in [0.5, 0.6) is 0 Å². The van der Waals surface area contributed by atoms with E-state index in [1.807, 2.05) is 13.8 Å². The Morgan fingerprint density at radius 2 is 2.13 bits per heavy atom. The Kier molecular flexibility index (Phi) is 4.50. The lowest BCUT2D eigenvalue weighted by Crippen LogP contribution is -2.32. The maximum absolute atomic E-state index is 11.9. The SMILES string of the molecule is CCCC1OP(=O)(C(C)=O)OCC1CC. The molecule has 0 spiro atoms. The highest BCUT2D eigenvalue weighted by atomic mass is 31.2. The Balaban J connectivity index is 2.73. The molecule has 1 heterocycles. The van der Waals surface area contributed by atoms with Gasteiger partial charge >= 0.3 is 7.60 Å². The van der Waals surface area contributed by atoms with E-state index in [0.717, 1.165) is 19.3 Å². The highest BCUT2D eigenvalue weighted by molar-refractivity contribution is 7.71. The van der Waals surface area contributed by atoms with Crippen molar-refractivity contribution in [1.82, 2.24) is 0 Å². The van der Waals surface area contributed by atoms with E-state index in [9.17, 15) is 9.36 Å². The van der Waals surface area contributed by atoms with E-state index in [0.29, 0.717) is 6.61 Å². The molecule has 0 radical (unpaired) electrons. The van der Waals surface area contributed by atoms with Crippen LogP contribution in [-0.4, -0.2) is 18.2 Å². The fourth-order valence-corrected chi connectivity index (χ4v) is 3.13. The van der Waals surface area contributed by atoms with E-state index >= 15 is 0 Å². The third kappa shape index (κ3) is 2.90. The largest absolute Gasteiger partial charge is 0.396 e. The van der Waals surface area contributed by atoms with Crippen LogP contribution in [0.2, 0.25) is 0 Å². The second-order valence-electron chi connectivity index (χ2n) is 3.91. The van der Waals surface area contributed by atoms with E-state index in [1.54, 1.807) is 0 Å².